The number of methoxy groups -OCH3 is 1. The molecule has 2 rings (SSSR count). The molecular formula is C14H20N4O. The van der Waals surface area contributed by atoms with Crippen molar-refractivity contribution in [2.75, 3.05) is 39.6 Å². The maximum atomic E-state index is 5.20. The van der Waals surface area contributed by atoms with Crippen LogP contribution in [0.2, 0.25) is 0 Å². The minimum Gasteiger partial charge on any atom is -0.497 e. The summed E-state index contributed by atoms with van der Waals surface area (Å²) in [6, 6.07) is 5.83. The number of nitrogens with zero attached hydrogens (tertiary/aromatic N) is 3. The smallest absolute Gasteiger partial charge is 0.137 e. The van der Waals surface area contributed by atoms with Gasteiger partial charge in [0.15, 0.2) is 0 Å². The number of nitrogens with one attached hydrogen (secondary N) is 1. The Morgan fingerprint density at radius 1 is 1.26 bits per heavy atom. The van der Waals surface area contributed by atoms with Crippen LogP contribution in [0.3, 0.4) is 0 Å². The Kier molecular flexibility index (Phi) is 4.52. The lowest BCUT2D eigenvalue weighted by molar-refractivity contribution is 0.405. The fourth-order valence-electron chi connectivity index (χ4n) is 1.91. The summed E-state index contributed by atoms with van der Waals surface area (Å²) in [5.41, 5.74) is 0.893. The van der Waals surface area contributed by atoms with Crippen molar-refractivity contribution >= 4 is 16.7 Å². The van der Waals surface area contributed by atoms with Crippen LogP contribution in [0.1, 0.15) is 6.42 Å². The third-order valence-electron chi connectivity index (χ3n) is 2.92. The van der Waals surface area contributed by atoms with E-state index in [4.69, 9.17) is 4.74 Å². The van der Waals surface area contributed by atoms with Crippen LogP contribution >= 0.6 is 0 Å². The van der Waals surface area contributed by atoms with Gasteiger partial charge in [-0.3, -0.25) is 0 Å². The second kappa shape index (κ2) is 6.33. The summed E-state index contributed by atoms with van der Waals surface area (Å²) in [4.78, 5) is 10.7. The predicted octanol–water partition coefficient (Wildman–Crippen LogP) is 2.00. The van der Waals surface area contributed by atoms with Crippen molar-refractivity contribution < 1.29 is 4.74 Å². The van der Waals surface area contributed by atoms with Gasteiger partial charge in [-0.1, -0.05) is 0 Å². The van der Waals surface area contributed by atoms with Gasteiger partial charge in [0, 0.05) is 18.0 Å². The largest absolute Gasteiger partial charge is 0.497 e. The molecule has 1 aromatic heterocycles. The first-order valence-corrected chi connectivity index (χ1v) is 6.38. The second-order valence-corrected chi connectivity index (χ2v) is 4.69. The molecule has 0 saturated heterocycles. The molecule has 19 heavy (non-hydrogen) atoms. The first-order valence-electron chi connectivity index (χ1n) is 6.38. The highest BCUT2D eigenvalue weighted by Crippen LogP contribution is 2.23. The summed E-state index contributed by atoms with van der Waals surface area (Å²) in [7, 11) is 5.81. The van der Waals surface area contributed by atoms with Gasteiger partial charge in [-0.15, -0.1) is 0 Å². The van der Waals surface area contributed by atoms with E-state index in [9.17, 15) is 0 Å². The van der Waals surface area contributed by atoms with Crippen LogP contribution in [0.5, 0.6) is 5.75 Å². The molecule has 0 aliphatic rings. The third kappa shape index (κ3) is 3.54. The molecule has 0 saturated carbocycles. The standard InChI is InChI=1S/C14H20N4O/c1-18(2)8-4-7-15-14-12-6-5-11(19-3)9-13(12)16-10-17-14/h5-6,9-10H,4,7-8H2,1-3H3,(H,15,16,17). The maximum Gasteiger partial charge on any atom is 0.137 e. The Balaban J connectivity index is 2.10. The van der Waals surface area contributed by atoms with E-state index in [1.165, 1.54) is 0 Å². The molecule has 5 heteroatoms. The Morgan fingerprint density at radius 3 is 2.84 bits per heavy atom. The monoisotopic (exact) mass is 260 g/mol. The van der Waals surface area contributed by atoms with Crippen molar-refractivity contribution in [1.29, 1.82) is 0 Å². The van der Waals surface area contributed by atoms with Crippen LogP contribution in [-0.2, 0) is 0 Å². The number of hydrogen-bond donors (Lipinski definition) is 1. The van der Waals surface area contributed by atoms with Crippen molar-refractivity contribution in [2.45, 2.75) is 6.42 Å². The second-order valence-electron chi connectivity index (χ2n) is 4.69. The lowest BCUT2D eigenvalue weighted by atomic mass is 10.2. The molecule has 0 radical (unpaired) electrons. The maximum absolute atomic E-state index is 5.20. The number of ether oxygens (including phenoxy) is 1. The molecule has 102 valence electrons. The minimum atomic E-state index is 0.810. The van der Waals surface area contributed by atoms with Gasteiger partial charge < -0.3 is 15.0 Å². The molecule has 0 amide bonds. The van der Waals surface area contributed by atoms with Crippen LogP contribution in [0.4, 0.5) is 5.82 Å². The Morgan fingerprint density at radius 2 is 2.11 bits per heavy atom. The lowest BCUT2D eigenvalue weighted by Crippen LogP contribution is -2.16. The van der Waals surface area contributed by atoms with Gasteiger partial charge in [0.1, 0.15) is 17.9 Å². The van der Waals surface area contributed by atoms with Crippen LogP contribution in [-0.4, -0.2) is 49.2 Å². The molecule has 0 bridgehead atoms. The number of hydrogen-bond acceptors (Lipinski definition) is 5. The number of fused-ring (bicyclic) bond motifs is 1. The lowest BCUT2D eigenvalue weighted by Gasteiger charge is -2.11. The molecule has 1 N–H and O–H groups in total. The van der Waals surface area contributed by atoms with Crippen molar-refractivity contribution in [1.82, 2.24) is 14.9 Å². The van der Waals surface area contributed by atoms with Crippen molar-refractivity contribution in [3.63, 3.8) is 0 Å². The zero-order valence-corrected chi connectivity index (χ0v) is 11.7. The van der Waals surface area contributed by atoms with Gasteiger partial charge in [0.05, 0.1) is 12.6 Å². The molecule has 5 nitrogen and oxygen atoms in total. The summed E-state index contributed by atoms with van der Waals surface area (Å²) in [5.74, 6) is 1.69. The normalized spacial score (nSPS) is 10.9. The summed E-state index contributed by atoms with van der Waals surface area (Å²) in [6.45, 7) is 1.96. The van der Waals surface area contributed by atoms with Crippen LogP contribution in [0.25, 0.3) is 10.9 Å². The van der Waals surface area contributed by atoms with E-state index >= 15 is 0 Å². The predicted molar refractivity (Wildman–Crippen MR) is 77.8 cm³/mol. The number of benzene rings is 1. The van der Waals surface area contributed by atoms with E-state index in [0.717, 1.165) is 42.0 Å². The molecule has 0 spiro atoms. The van der Waals surface area contributed by atoms with Gasteiger partial charge in [0.25, 0.3) is 0 Å². The van der Waals surface area contributed by atoms with Gasteiger partial charge in [0.2, 0.25) is 0 Å². The SMILES string of the molecule is COc1ccc2c(NCCCN(C)C)ncnc2c1. The first-order chi connectivity index (χ1) is 9.20. The van der Waals surface area contributed by atoms with Crippen LogP contribution in [0.15, 0.2) is 24.5 Å². The van der Waals surface area contributed by atoms with E-state index in [0.29, 0.717) is 0 Å². The minimum absolute atomic E-state index is 0.810. The molecule has 0 aliphatic heterocycles. The topological polar surface area (TPSA) is 50.3 Å². The third-order valence-corrected chi connectivity index (χ3v) is 2.92. The summed E-state index contributed by atoms with van der Waals surface area (Å²) in [5, 5.41) is 4.38. The zero-order valence-electron chi connectivity index (χ0n) is 11.7. The van der Waals surface area contributed by atoms with E-state index < -0.39 is 0 Å². The van der Waals surface area contributed by atoms with Crippen molar-refractivity contribution in [3.05, 3.63) is 24.5 Å². The first kappa shape index (κ1) is 13.5. The van der Waals surface area contributed by atoms with E-state index in [2.05, 4.69) is 34.3 Å². The number of aromatic nitrogens is 2. The highest BCUT2D eigenvalue weighted by Gasteiger charge is 2.04. The molecule has 1 heterocycles. The molecule has 2 aromatic rings. The quantitative estimate of drug-likeness (QED) is 0.805. The van der Waals surface area contributed by atoms with Crippen molar-refractivity contribution in [2.24, 2.45) is 0 Å². The highest BCUT2D eigenvalue weighted by molar-refractivity contribution is 5.89. The van der Waals surface area contributed by atoms with Crippen molar-refractivity contribution in [3.8, 4) is 5.75 Å². The van der Waals surface area contributed by atoms with E-state index in [1.54, 1.807) is 13.4 Å². The molecule has 0 aliphatic carbocycles. The van der Waals surface area contributed by atoms with E-state index in [1.807, 2.05) is 18.2 Å². The molecule has 0 unspecified atom stereocenters. The number of rotatable bonds is 6. The Labute approximate surface area is 113 Å². The van der Waals surface area contributed by atoms with Crippen LogP contribution in [0, 0.1) is 0 Å². The molecule has 0 atom stereocenters. The fourth-order valence-corrected chi connectivity index (χ4v) is 1.91. The summed E-state index contributed by atoms with van der Waals surface area (Å²) >= 11 is 0. The average Bonchev–Trinajstić information content (AvgIpc) is 2.42. The Bertz CT molecular complexity index is 542. The Hall–Kier alpha value is -1.88. The van der Waals surface area contributed by atoms with Gasteiger partial charge in [-0.25, -0.2) is 9.97 Å². The summed E-state index contributed by atoms with van der Waals surface area (Å²) < 4.78 is 5.20. The van der Waals surface area contributed by atoms with Crippen LogP contribution < -0.4 is 10.1 Å². The average molecular weight is 260 g/mol. The summed E-state index contributed by atoms with van der Waals surface area (Å²) in [6.07, 6.45) is 2.66. The van der Waals surface area contributed by atoms with E-state index in [-0.39, 0.29) is 0 Å². The molecular weight excluding hydrogens is 240 g/mol. The fraction of sp³-hybridized carbons (Fsp3) is 0.429. The van der Waals surface area contributed by atoms with Gasteiger partial charge >= 0.3 is 0 Å². The van der Waals surface area contributed by atoms with Gasteiger partial charge in [-0.2, -0.15) is 0 Å². The van der Waals surface area contributed by atoms with Gasteiger partial charge in [-0.05, 0) is 39.2 Å². The molecule has 1 aromatic carbocycles. The number of anilines is 1. The molecule has 0 fully saturated rings. The zero-order chi connectivity index (χ0) is 13.7. The highest BCUT2D eigenvalue weighted by atomic mass is 16.5.